The summed E-state index contributed by atoms with van der Waals surface area (Å²) in [5.74, 6) is -0.170. The molecule has 1 atom stereocenters. The lowest BCUT2D eigenvalue weighted by atomic mass is 9.66. The van der Waals surface area contributed by atoms with Gasteiger partial charge in [0.15, 0.2) is 0 Å². The molecule has 0 aliphatic heterocycles. The van der Waals surface area contributed by atoms with E-state index in [2.05, 4.69) is 13.8 Å². The third-order valence-electron chi connectivity index (χ3n) is 4.28. The number of hydrogen-bond acceptors (Lipinski definition) is 1. The first-order valence-corrected chi connectivity index (χ1v) is 7.24. The van der Waals surface area contributed by atoms with Crippen LogP contribution in [0.1, 0.15) is 45.1 Å². The van der Waals surface area contributed by atoms with E-state index in [1.807, 2.05) is 0 Å². The highest BCUT2D eigenvalue weighted by Gasteiger charge is 2.36. The molecule has 104 valence electrons. The number of benzene rings is 1. The van der Waals surface area contributed by atoms with Crippen molar-refractivity contribution >= 4 is 17.4 Å². The van der Waals surface area contributed by atoms with Gasteiger partial charge in [-0.2, -0.15) is 0 Å². The number of ketones is 1. The maximum atomic E-state index is 13.7. The quantitative estimate of drug-likeness (QED) is 0.778. The molecule has 0 N–H and O–H groups in total. The topological polar surface area (TPSA) is 17.1 Å². The summed E-state index contributed by atoms with van der Waals surface area (Å²) in [5, 5.41) is 0.367. The van der Waals surface area contributed by atoms with Gasteiger partial charge in [-0.15, -0.1) is 0 Å². The highest BCUT2D eigenvalue weighted by Crippen LogP contribution is 2.41. The van der Waals surface area contributed by atoms with Gasteiger partial charge in [0.25, 0.3) is 0 Å². The number of carbonyl (C=O) groups excluding carboxylic acids is 1. The van der Waals surface area contributed by atoms with Crippen molar-refractivity contribution in [1.82, 2.24) is 0 Å². The molecule has 1 aromatic rings. The van der Waals surface area contributed by atoms with Crippen LogP contribution in [0.15, 0.2) is 18.2 Å². The average molecular weight is 283 g/mol. The van der Waals surface area contributed by atoms with E-state index in [-0.39, 0.29) is 29.4 Å². The molecule has 1 fully saturated rings. The fourth-order valence-electron chi connectivity index (χ4n) is 3.07. The van der Waals surface area contributed by atoms with Crippen molar-refractivity contribution < 1.29 is 9.18 Å². The van der Waals surface area contributed by atoms with Crippen LogP contribution in [-0.4, -0.2) is 5.78 Å². The molecular weight excluding hydrogens is 263 g/mol. The van der Waals surface area contributed by atoms with E-state index in [0.29, 0.717) is 10.6 Å². The van der Waals surface area contributed by atoms with Gasteiger partial charge >= 0.3 is 0 Å². The first kappa shape index (κ1) is 14.5. The monoisotopic (exact) mass is 282 g/mol. The SMILES string of the molecule is CC1(C)CCCCC1C(=O)Cc1ccc(Cl)cc1F. The third-order valence-corrected chi connectivity index (χ3v) is 4.51. The zero-order valence-electron chi connectivity index (χ0n) is 11.5. The summed E-state index contributed by atoms with van der Waals surface area (Å²) in [5.41, 5.74) is 0.494. The maximum absolute atomic E-state index is 13.7. The fourth-order valence-corrected chi connectivity index (χ4v) is 3.23. The van der Waals surface area contributed by atoms with E-state index >= 15 is 0 Å². The number of carbonyl (C=O) groups is 1. The van der Waals surface area contributed by atoms with Gasteiger partial charge in [0.2, 0.25) is 0 Å². The molecule has 1 aliphatic carbocycles. The van der Waals surface area contributed by atoms with Gasteiger partial charge in [-0.25, -0.2) is 4.39 Å². The first-order valence-electron chi connectivity index (χ1n) is 6.87. The van der Waals surface area contributed by atoms with E-state index in [9.17, 15) is 9.18 Å². The van der Waals surface area contributed by atoms with Crippen LogP contribution in [0.5, 0.6) is 0 Å². The van der Waals surface area contributed by atoms with Gasteiger partial charge in [-0.1, -0.05) is 44.4 Å². The molecule has 2 rings (SSSR count). The van der Waals surface area contributed by atoms with Crippen molar-refractivity contribution in [3.05, 3.63) is 34.6 Å². The summed E-state index contributed by atoms with van der Waals surface area (Å²) in [6, 6.07) is 4.53. The molecule has 0 aromatic heterocycles. The van der Waals surface area contributed by atoms with Crippen molar-refractivity contribution in [3.63, 3.8) is 0 Å². The Morgan fingerprint density at radius 3 is 2.79 bits per heavy atom. The Labute approximate surface area is 119 Å². The summed E-state index contributed by atoms with van der Waals surface area (Å²) in [6.07, 6.45) is 4.47. The summed E-state index contributed by atoms with van der Waals surface area (Å²) >= 11 is 5.72. The molecule has 1 aliphatic rings. The second-order valence-electron chi connectivity index (χ2n) is 6.17. The zero-order valence-corrected chi connectivity index (χ0v) is 12.3. The standard InChI is InChI=1S/C16H20ClFO/c1-16(2)8-4-3-5-13(16)15(19)9-11-6-7-12(17)10-14(11)18/h6-7,10,13H,3-5,8-9H2,1-2H3. The van der Waals surface area contributed by atoms with Crippen LogP contribution in [0.3, 0.4) is 0 Å². The van der Waals surface area contributed by atoms with Gasteiger partial charge in [0.1, 0.15) is 11.6 Å². The maximum Gasteiger partial charge on any atom is 0.140 e. The van der Waals surface area contributed by atoms with E-state index in [0.717, 1.165) is 19.3 Å². The molecule has 0 amide bonds. The normalized spacial score (nSPS) is 22.2. The smallest absolute Gasteiger partial charge is 0.140 e. The fraction of sp³-hybridized carbons (Fsp3) is 0.562. The predicted molar refractivity (Wildman–Crippen MR) is 75.9 cm³/mol. The van der Waals surface area contributed by atoms with Gasteiger partial charge in [0.05, 0.1) is 0 Å². The third kappa shape index (κ3) is 3.36. The van der Waals surface area contributed by atoms with Crippen LogP contribution in [0.4, 0.5) is 4.39 Å². The van der Waals surface area contributed by atoms with E-state index in [1.54, 1.807) is 12.1 Å². The molecule has 3 heteroatoms. The summed E-state index contributed by atoms with van der Waals surface area (Å²) in [6.45, 7) is 4.29. The molecule has 19 heavy (non-hydrogen) atoms. The van der Waals surface area contributed by atoms with Crippen LogP contribution in [0.2, 0.25) is 5.02 Å². The first-order chi connectivity index (χ1) is 8.90. The van der Waals surface area contributed by atoms with Crippen molar-refractivity contribution in [2.24, 2.45) is 11.3 Å². The number of rotatable bonds is 3. The second kappa shape index (κ2) is 5.62. The van der Waals surface area contributed by atoms with Crippen molar-refractivity contribution in [3.8, 4) is 0 Å². The zero-order chi connectivity index (χ0) is 14.0. The predicted octanol–water partition coefficient (Wildman–Crippen LogP) is 4.81. The minimum absolute atomic E-state index is 0.0399. The Morgan fingerprint density at radius 2 is 2.16 bits per heavy atom. The van der Waals surface area contributed by atoms with Crippen LogP contribution in [0.25, 0.3) is 0 Å². The van der Waals surface area contributed by atoms with E-state index in [1.165, 1.54) is 12.5 Å². The minimum Gasteiger partial charge on any atom is -0.299 e. The van der Waals surface area contributed by atoms with Crippen LogP contribution in [0, 0.1) is 17.2 Å². The highest BCUT2D eigenvalue weighted by molar-refractivity contribution is 6.30. The van der Waals surface area contributed by atoms with Gasteiger partial charge in [-0.05, 0) is 36.0 Å². The molecule has 0 spiro atoms. The Morgan fingerprint density at radius 1 is 1.42 bits per heavy atom. The van der Waals surface area contributed by atoms with Crippen LogP contribution in [-0.2, 0) is 11.2 Å². The van der Waals surface area contributed by atoms with E-state index < -0.39 is 0 Å². The molecule has 1 unspecified atom stereocenters. The summed E-state index contributed by atoms with van der Waals surface area (Å²) < 4.78 is 13.7. The molecule has 0 saturated heterocycles. The Bertz CT molecular complexity index is 482. The van der Waals surface area contributed by atoms with Gasteiger partial charge in [-0.3, -0.25) is 4.79 Å². The second-order valence-corrected chi connectivity index (χ2v) is 6.60. The molecule has 0 bridgehead atoms. The van der Waals surface area contributed by atoms with Gasteiger partial charge in [0, 0.05) is 17.4 Å². The average Bonchev–Trinajstić information content (AvgIpc) is 2.32. The molecule has 1 saturated carbocycles. The van der Waals surface area contributed by atoms with Crippen LogP contribution >= 0.6 is 11.6 Å². The molecule has 0 radical (unpaired) electrons. The lowest BCUT2D eigenvalue weighted by Crippen LogP contribution is -2.35. The Hall–Kier alpha value is -0.890. The van der Waals surface area contributed by atoms with Crippen LogP contribution < -0.4 is 0 Å². The summed E-state index contributed by atoms with van der Waals surface area (Å²) in [4.78, 5) is 12.4. The lowest BCUT2D eigenvalue weighted by Gasteiger charge is -2.37. The van der Waals surface area contributed by atoms with Crippen molar-refractivity contribution in [1.29, 1.82) is 0 Å². The van der Waals surface area contributed by atoms with Gasteiger partial charge < -0.3 is 0 Å². The highest BCUT2D eigenvalue weighted by atomic mass is 35.5. The molecule has 1 nitrogen and oxygen atoms in total. The number of halogens is 2. The Kier molecular flexibility index (Phi) is 4.29. The summed E-state index contributed by atoms with van der Waals surface area (Å²) in [7, 11) is 0. The molecule has 1 aromatic carbocycles. The largest absolute Gasteiger partial charge is 0.299 e. The number of hydrogen-bond donors (Lipinski definition) is 0. The minimum atomic E-state index is -0.380. The lowest BCUT2D eigenvalue weighted by molar-refractivity contribution is -0.127. The van der Waals surface area contributed by atoms with E-state index in [4.69, 9.17) is 11.6 Å². The molecular formula is C16H20ClFO. The molecule has 0 heterocycles. The Balaban J connectivity index is 2.12. The van der Waals surface area contributed by atoms with Crippen molar-refractivity contribution in [2.75, 3.05) is 0 Å². The van der Waals surface area contributed by atoms with Crippen molar-refractivity contribution in [2.45, 2.75) is 46.0 Å². The number of Topliss-reactive ketones (excluding diaryl/α,β-unsaturated/α-hetero) is 1.